The van der Waals surface area contributed by atoms with Gasteiger partial charge in [-0.2, -0.15) is 0 Å². The van der Waals surface area contributed by atoms with E-state index >= 15 is 0 Å². The summed E-state index contributed by atoms with van der Waals surface area (Å²) >= 11 is 0. The third-order valence-electron chi connectivity index (χ3n) is 3.27. The number of hydrogen-bond acceptors (Lipinski definition) is 2. The number of nitrogens with one attached hydrogen (secondary N) is 1. The lowest BCUT2D eigenvalue weighted by Crippen LogP contribution is -2.39. The van der Waals surface area contributed by atoms with Crippen molar-refractivity contribution in [2.75, 3.05) is 19.6 Å². The molecule has 1 aliphatic heterocycles. The normalized spacial score (nSPS) is 34.0. The van der Waals surface area contributed by atoms with E-state index in [0.717, 1.165) is 6.04 Å². The fourth-order valence-electron chi connectivity index (χ4n) is 2.06. The van der Waals surface area contributed by atoms with Crippen LogP contribution in [-0.4, -0.2) is 36.1 Å². The third kappa shape index (κ3) is 1.80. The molecule has 2 heteroatoms. The monoisotopic (exact) mass is 168 g/mol. The zero-order chi connectivity index (χ0) is 8.60. The highest BCUT2D eigenvalue weighted by molar-refractivity contribution is 5.00. The van der Waals surface area contributed by atoms with Crippen molar-refractivity contribution < 1.29 is 0 Å². The van der Waals surface area contributed by atoms with Crippen molar-refractivity contribution in [1.82, 2.24) is 10.2 Å². The summed E-state index contributed by atoms with van der Waals surface area (Å²) in [6, 6.07) is 0.775. The lowest BCUT2D eigenvalue weighted by atomic mass is 10.2. The molecule has 0 spiro atoms. The molecule has 2 rings (SSSR count). The topological polar surface area (TPSA) is 15.3 Å². The average Bonchev–Trinajstić information content (AvgIpc) is 2.63. The molecule has 1 atom stereocenters. The molecule has 1 aliphatic carbocycles. The zero-order valence-corrected chi connectivity index (χ0v) is 8.27. The standard InChI is InChI=1S/C10H20N2/c1-3-12-7-4-9(8-12)11-10(2)5-6-10/h9,11H,3-8H2,1-2H3/t9-/m1/s1. The number of hydrogen-bond donors (Lipinski definition) is 1. The summed E-state index contributed by atoms with van der Waals surface area (Å²) in [5, 5.41) is 3.75. The maximum atomic E-state index is 3.75. The van der Waals surface area contributed by atoms with Crippen LogP contribution < -0.4 is 5.32 Å². The van der Waals surface area contributed by atoms with Gasteiger partial charge in [0, 0.05) is 18.1 Å². The highest BCUT2D eigenvalue weighted by Crippen LogP contribution is 2.35. The smallest absolute Gasteiger partial charge is 0.0212 e. The van der Waals surface area contributed by atoms with Gasteiger partial charge in [-0.25, -0.2) is 0 Å². The molecular weight excluding hydrogens is 148 g/mol. The largest absolute Gasteiger partial charge is 0.307 e. The second kappa shape index (κ2) is 3.00. The van der Waals surface area contributed by atoms with Crippen LogP contribution in [0.4, 0.5) is 0 Å². The van der Waals surface area contributed by atoms with Crippen LogP contribution in [0, 0.1) is 0 Å². The van der Waals surface area contributed by atoms with Gasteiger partial charge in [-0.1, -0.05) is 6.92 Å². The van der Waals surface area contributed by atoms with E-state index in [1.807, 2.05) is 0 Å². The van der Waals surface area contributed by atoms with Gasteiger partial charge in [-0.05, 0) is 39.3 Å². The molecule has 0 aromatic rings. The van der Waals surface area contributed by atoms with Gasteiger partial charge in [0.15, 0.2) is 0 Å². The van der Waals surface area contributed by atoms with Crippen molar-refractivity contribution in [2.24, 2.45) is 0 Å². The van der Waals surface area contributed by atoms with Crippen LogP contribution in [0.25, 0.3) is 0 Å². The predicted octanol–water partition coefficient (Wildman–Crippen LogP) is 1.22. The fraction of sp³-hybridized carbons (Fsp3) is 1.00. The maximum absolute atomic E-state index is 3.75. The molecule has 0 bridgehead atoms. The van der Waals surface area contributed by atoms with Gasteiger partial charge in [0.05, 0.1) is 0 Å². The second-order valence-corrected chi connectivity index (χ2v) is 4.58. The molecule has 1 heterocycles. The molecule has 0 aromatic carbocycles. The predicted molar refractivity (Wildman–Crippen MR) is 51.3 cm³/mol. The van der Waals surface area contributed by atoms with E-state index in [0.29, 0.717) is 5.54 Å². The minimum absolute atomic E-state index is 0.522. The van der Waals surface area contributed by atoms with Crippen molar-refractivity contribution in [2.45, 2.75) is 44.7 Å². The van der Waals surface area contributed by atoms with Crippen LogP contribution in [0.3, 0.4) is 0 Å². The van der Waals surface area contributed by atoms with Gasteiger partial charge in [-0.3, -0.25) is 0 Å². The molecule has 0 amide bonds. The molecule has 2 nitrogen and oxygen atoms in total. The molecule has 12 heavy (non-hydrogen) atoms. The van der Waals surface area contributed by atoms with E-state index in [1.165, 1.54) is 38.9 Å². The van der Waals surface area contributed by atoms with Gasteiger partial charge in [0.2, 0.25) is 0 Å². The Balaban J connectivity index is 1.76. The summed E-state index contributed by atoms with van der Waals surface area (Å²) in [5.41, 5.74) is 0.522. The molecule has 2 aliphatic rings. The van der Waals surface area contributed by atoms with E-state index in [2.05, 4.69) is 24.1 Å². The van der Waals surface area contributed by atoms with Crippen molar-refractivity contribution in [3.63, 3.8) is 0 Å². The first kappa shape index (κ1) is 8.52. The molecule has 1 saturated carbocycles. The van der Waals surface area contributed by atoms with E-state index in [-0.39, 0.29) is 0 Å². The molecule has 1 N–H and O–H groups in total. The molecular formula is C10H20N2. The van der Waals surface area contributed by atoms with Crippen molar-refractivity contribution >= 4 is 0 Å². The Bertz CT molecular complexity index is 163. The maximum Gasteiger partial charge on any atom is 0.0212 e. The molecule has 70 valence electrons. The van der Waals surface area contributed by atoms with Crippen LogP contribution in [0.2, 0.25) is 0 Å². The number of likely N-dealkylation sites (N-methyl/N-ethyl adjacent to an activating group) is 1. The summed E-state index contributed by atoms with van der Waals surface area (Å²) in [4.78, 5) is 2.53. The average molecular weight is 168 g/mol. The number of nitrogens with zero attached hydrogens (tertiary/aromatic N) is 1. The van der Waals surface area contributed by atoms with Crippen LogP contribution in [0.1, 0.15) is 33.1 Å². The Morgan fingerprint density at radius 3 is 2.75 bits per heavy atom. The van der Waals surface area contributed by atoms with E-state index < -0.39 is 0 Å². The summed E-state index contributed by atoms with van der Waals surface area (Å²) < 4.78 is 0. The highest BCUT2D eigenvalue weighted by atomic mass is 15.2. The van der Waals surface area contributed by atoms with E-state index in [4.69, 9.17) is 0 Å². The minimum atomic E-state index is 0.522. The van der Waals surface area contributed by atoms with E-state index in [9.17, 15) is 0 Å². The Hall–Kier alpha value is -0.0800. The van der Waals surface area contributed by atoms with Crippen LogP contribution in [0.5, 0.6) is 0 Å². The van der Waals surface area contributed by atoms with Gasteiger partial charge in [-0.15, -0.1) is 0 Å². The Kier molecular flexibility index (Phi) is 2.13. The van der Waals surface area contributed by atoms with Crippen molar-refractivity contribution in [3.8, 4) is 0 Å². The quantitative estimate of drug-likeness (QED) is 0.681. The Morgan fingerprint density at radius 2 is 2.25 bits per heavy atom. The van der Waals surface area contributed by atoms with Gasteiger partial charge >= 0.3 is 0 Å². The molecule has 0 unspecified atom stereocenters. The fourth-order valence-corrected chi connectivity index (χ4v) is 2.06. The van der Waals surface area contributed by atoms with Gasteiger partial charge in [0.1, 0.15) is 0 Å². The van der Waals surface area contributed by atoms with Crippen LogP contribution in [0.15, 0.2) is 0 Å². The SMILES string of the molecule is CCN1CC[C@@H](NC2(C)CC2)C1. The summed E-state index contributed by atoms with van der Waals surface area (Å²) in [5.74, 6) is 0. The van der Waals surface area contributed by atoms with Gasteiger partial charge in [0.25, 0.3) is 0 Å². The first-order valence-electron chi connectivity index (χ1n) is 5.22. The molecule has 0 radical (unpaired) electrons. The lowest BCUT2D eigenvalue weighted by Gasteiger charge is -2.18. The number of rotatable bonds is 3. The molecule has 2 fully saturated rings. The zero-order valence-electron chi connectivity index (χ0n) is 8.27. The van der Waals surface area contributed by atoms with Crippen LogP contribution >= 0.6 is 0 Å². The highest BCUT2D eigenvalue weighted by Gasteiger charge is 2.39. The summed E-state index contributed by atoms with van der Waals surface area (Å²) in [7, 11) is 0. The summed E-state index contributed by atoms with van der Waals surface area (Å²) in [6.07, 6.45) is 4.12. The molecule has 1 saturated heterocycles. The Morgan fingerprint density at radius 1 is 1.50 bits per heavy atom. The van der Waals surface area contributed by atoms with Gasteiger partial charge < -0.3 is 10.2 Å². The third-order valence-corrected chi connectivity index (χ3v) is 3.27. The lowest BCUT2D eigenvalue weighted by molar-refractivity contribution is 0.337. The van der Waals surface area contributed by atoms with E-state index in [1.54, 1.807) is 0 Å². The first-order valence-corrected chi connectivity index (χ1v) is 5.22. The van der Waals surface area contributed by atoms with Crippen molar-refractivity contribution in [1.29, 1.82) is 0 Å². The summed E-state index contributed by atoms with van der Waals surface area (Å²) in [6.45, 7) is 8.38. The molecule has 0 aromatic heterocycles. The second-order valence-electron chi connectivity index (χ2n) is 4.58. The van der Waals surface area contributed by atoms with Crippen LogP contribution in [-0.2, 0) is 0 Å². The first-order chi connectivity index (χ1) is 5.72. The Labute approximate surface area is 75.3 Å². The minimum Gasteiger partial charge on any atom is -0.307 e. The number of likely N-dealkylation sites (tertiary alicyclic amines) is 1. The van der Waals surface area contributed by atoms with Crippen molar-refractivity contribution in [3.05, 3.63) is 0 Å².